The molecule has 1 amide bonds. The molecule has 1 aromatic rings. The number of ether oxygens (including phenoxy) is 1. The van der Waals surface area contributed by atoms with Crippen LogP contribution in [0.2, 0.25) is 0 Å². The normalized spacial score (nSPS) is 20.2. The zero-order chi connectivity index (χ0) is 13.7. The minimum Gasteiger partial charge on any atom is -0.376 e. The van der Waals surface area contributed by atoms with Crippen LogP contribution in [0.25, 0.3) is 0 Å². The highest BCUT2D eigenvalue weighted by molar-refractivity contribution is 8.00. The topological polar surface area (TPSA) is 38.3 Å². The number of hydrogen-bond donors (Lipinski definition) is 1. The summed E-state index contributed by atoms with van der Waals surface area (Å²) in [5.41, 5.74) is 0. The standard InChI is InChI=1S/C14H18FNO2S/c1-10(19-13-7-3-2-6-12(13)15)14(17)16-9-11-5-4-8-18-11/h2-3,6-7,10-11H,4-5,8-9H2,1H3,(H,16,17)/t10-,11-/m0/s1. The summed E-state index contributed by atoms with van der Waals surface area (Å²) < 4.78 is 18.9. The molecule has 0 spiro atoms. The maximum atomic E-state index is 13.5. The first-order chi connectivity index (χ1) is 9.16. The van der Waals surface area contributed by atoms with Gasteiger partial charge in [0.15, 0.2) is 0 Å². The fourth-order valence-electron chi connectivity index (χ4n) is 1.95. The van der Waals surface area contributed by atoms with Crippen LogP contribution >= 0.6 is 11.8 Å². The van der Waals surface area contributed by atoms with Crippen LogP contribution in [0.1, 0.15) is 19.8 Å². The second-order valence-corrected chi connectivity index (χ2v) is 5.95. The van der Waals surface area contributed by atoms with Crippen molar-refractivity contribution < 1.29 is 13.9 Å². The fourth-order valence-corrected chi connectivity index (χ4v) is 2.86. The third-order valence-electron chi connectivity index (χ3n) is 3.04. The molecule has 0 saturated carbocycles. The lowest BCUT2D eigenvalue weighted by molar-refractivity contribution is -0.120. The third kappa shape index (κ3) is 4.21. The third-order valence-corrected chi connectivity index (χ3v) is 4.19. The van der Waals surface area contributed by atoms with Gasteiger partial charge in [-0.1, -0.05) is 12.1 Å². The Morgan fingerprint density at radius 1 is 1.58 bits per heavy atom. The van der Waals surface area contributed by atoms with E-state index in [9.17, 15) is 9.18 Å². The van der Waals surface area contributed by atoms with Gasteiger partial charge in [-0.3, -0.25) is 4.79 Å². The van der Waals surface area contributed by atoms with E-state index in [0.29, 0.717) is 11.4 Å². The lowest BCUT2D eigenvalue weighted by atomic mass is 10.2. The number of benzene rings is 1. The number of amides is 1. The first kappa shape index (κ1) is 14.3. The van der Waals surface area contributed by atoms with Crippen LogP contribution in [0.3, 0.4) is 0 Å². The molecule has 5 heteroatoms. The van der Waals surface area contributed by atoms with Crippen LogP contribution in [-0.4, -0.2) is 30.4 Å². The van der Waals surface area contributed by atoms with Gasteiger partial charge in [0.05, 0.1) is 11.4 Å². The Kier molecular flexibility index (Phi) is 5.22. The summed E-state index contributed by atoms with van der Waals surface area (Å²) in [5.74, 6) is -0.366. The molecule has 0 aromatic heterocycles. The number of carbonyl (C=O) groups is 1. The Hall–Kier alpha value is -1.07. The maximum Gasteiger partial charge on any atom is 0.233 e. The number of thioether (sulfide) groups is 1. The van der Waals surface area contributed by atoms with Gasteiger partial charge in [-0.25, -0.2) is 4.39 Å². The van der Waals surface area contributed by atoms with Crippen LogP contribution in [0.5, 0.6) is 0 Å². The van der Waals surface area contributed by atoms with Crippen molar-refractivity contribution in [2.45, 2.75) is 36.0 Å². The smallest absolute Gasteiger partial charge is 0.233 e. The van der Waals surface area contributed by atoms with Crippen molar-refractivity contribution in [3.63, 3.8) is 0 Å². The molecule has 1 saturated heterocycles. The largest absolute Gasteiger partial charge is 0.376 e. The van der Waals surface area contributed by atoms with E-state index in [0.717, 1.165) is 19.4 Å². The summed E-state index contributed by atoms with van der Waals surface area (Å²) in [4.78, 5) is 12.4. The van der Waals surface area contributed by atoms with Gasteiger partial charge in [0.2, 0.25) is 5.91 Å². The van der Waals surface area contributed by atoms with Gasteiger partial charge in [-0.15, -0.1) is 11.8 Å². The highest BCUT2D eigenvalue weighted by Crippen LogP contribution is 2.25. The molecule has 1 aliphatic heterocycles. The highest BCUT2D eigenvalue weighted by Gasteiger charge is 2.19. The predicted molar refractivity (Wildman–Crippen MR) is 73.7 cm³/mol. The van der Waals surface area contributed by atoms with E-state index in [2.05, 4.69) is 5.32 Å². The molecule has 0 bridgehead atoms. The van der Waals surface area contributed by atoms with E-state index >= 15 is 0 Å². The Labute approximate surface area is 116 Å². The number of halogens is 1. The van der Waals surface area contributed by atoms with Crippen LogP contribution in [0, 0.1) is 5.82 Å². The lowest BCUT2D eigenvalue weighted by Crippen LogP contribution is -2.36. The van der Waals surface area contributed by atoms with Gasteiger partial charge in [-0.05, 0) is 31.9 Å². The second kappa shape index (κ2) is 6.91. The minimum absolute atomic E-state index is 0.0799. The molecule has 0 radical (unpaired) electrons. The van der Waals surface area contributed by atoms with E-state index in [1.54, 1.807) is 25.1 Å². The first-order valence-electron chi connectivity index (χ1n) is 6.47. The molecule has 1 N–H and O–H groups in total. The molecule has 1 fully saturated rings. The monoisotopic (exact) mass is 283 g/mol. The molecule has 0 unspecified atom stereocenters. The predicted octanol–water partition coefficient (Wildman–Crippen LogP) is 2.60. The number of carbonyl (C=O) groups excluding carboxylic acids is 1. The first-order valence-corrected chi connectivity index (χ1v) is 7.35. The fraction of sp³-hybridized carbons (Fsp3) is 0.500. The van der Waals surface area contributed by atoms with E-state index in [1.165, 1.54) is 17.8 Å². The molecular weight excluding hydrogens is 265 g/mol. The molecule has 1 aliphatic rings. The van der Waals surface area contributed by atoms with Crippen molar-refractivity contribution in [3.05, 3.63) is 30.1 Å². The number of hydrogen-bond acceptors (Lipinski definition) is 3. The van der Waals surface area contributed by atoms with Gasteiger partial charge < -0.3 is 10.1 Å². The zero-order valence-electron chi connectivity index (χ0n) is 10.9. The molecule has 2 atom stereocenters. The van der Waals surface area contributed by atoms with Crippen molar-refractivity contribution in [1.29, 1.82) is 0 Å². The Morgan fingerprint density at radius 3 is 3.05 bits per heavy atom. The summed E-state index contributed by atoms with van der Waals surface area (Å²) in [7, 11) is 0. The summed E-state index contributed by atoms with van der Waals surface area (Å²) in [5, 5.41) is 2.54. The molecule has 19 heavy (non-hydrogen) atoms. The minimum atomic E-state index is -0.321. The quantitative estimate of drug-likeness (QED) is 0.844. The number of nitrogens with one attached hydrogen (secondary N) is 1. The number of rotatable bonds is 5. The molecule has 3 nitrogen and oxygen atoms in total. The van der Waals surface area contributed by atoms with Crippen LogP contribution in [-0.2, 0) is 9.53 Å². The second-order valence-electron chi connectivity index (χ2n) is 4.57. The van der Waals surface area contributed by atoms with Crippen LogP contribution < -0.4 is 5.32 Å². The summed E-state index contributed by atoms with van der Waals surface area (Å²) in [6.07, 6.45) is 2.18. The molecule has 1 aromatic carbocycles. The van der Waals surface area contributed by atoms with Crippen molar-refractivity contribution in [1.82, 2.24) is 5.32 Å². The Balaban J connectivity index is 1.80. The van der Waals surface area contributed by atoms with Crippen LogP contribution in [0.15, 0.2) is 29.2 Å². The van der Waals surface area contributed by atoms with E-state index in [4.69, 9.17) is 4.74 Å². The van der Waals surface area contributed by atoms with Crippen molar-refractivity contribution in [2.24, 2.45) is 0 Å². The van der Waals surface area contributed by atoms with Gasteiger partial charge in [-0.2, -0.15) is 0 Å². The van der Waals surface area contributed by atoms with E-state index in [1.807, 2.05) is 0 Å². The van der Waals surface area contributed by atoms with Gasteiger partial charge in [0, 0.05) is 18.0 Å². The maximum absolute atomic E-state index is 13.5. The highest BCUT2D eigenvalue weighted by atomic mass is 32.2. The van der Waals surface area contributed by atoms with E-state index in [-0.39, 0.29) is 23.1 Å². The summed E-state index contributed by atoms with van der Waals surface area (Å²) in [6, 6.07) is 6.49. The summed E-state index contributed by atoms with van der Waals surface area (Å²) >= 11 is 1.23. The van der Waals surface area contributed by atoms with E-state index < -0.39 is 0 Å². The molecule has 1 heterocycles. The Bertz CT molecular complexity index is 435. The van der Waals surface area contributed by atoms with Gasteiger partial charge in [0.25, 0.3) is 0 Å². The summed E-state index contributed by atoms with van der Waals surface area (Å²) in [6.45, 7) is 3.10. The van der Waals surface area contributed by atoms with Gasteiger partial charge >= 0.3 is 0 Å². The van der Waals surface area contributed by atoms with Crippen molar-refractivity contribution in [3.8, 4) is 0 Å². The van der Waals surface area contributed by atoms with Crippen molar-refractivity contribution in [2.75, 3.05) is 13.2 Å². The molecular formula is C14H18FNO2S. The lowest BCUT2D eigenvalue weighted by Gasteiger charge is -2.15. The van der Waals surface area contributed by atoms with Crippen molar-refractivity contribution >= 4 is 17.7 Å². The average molecular weight is 283 g/mol. The van der Waals surface area contributed by atoms with Crippen LogP contribution in [0.4, 0.5) is 4.39 Å². The molecule has 2 rings (SSSR count). The molecule has 0 aliphatic carbocycles. The zero-order valence-corrected chi connectivity index (χ0v) is 11.7. The average Bonchev–Trinajstić information content (AvgIpc) is 2.91. The SMILES string of the molecule is C[C@H](Sc1ccccc1F)C(=O)NC[C@@H]1CCCO1. The van der Waals surface area contributed by atoms with Gasteiger partial charge in [0.1, 0.15) is 5.82 Å². The Morgan fingerprint density at radius 2 is 2.37 bits per heavy atom. The molecule has 104 valence electrons.